The number of ether oxygens (including phenoxy) is 1. The molecule has 0 bridgehead atoms. The summed E-state index contributed by atoms with van der Waals surface area (Å²) < 4.78 is 5.94. The van der Waals surface area contributed by atoms with Gasteiger partial charge < -0.3 is 14.5 Å². The largest absolute Gasteiger partial charge is 0.478 e. The summed E-state index contributed by atoms with van der Waals surface area (Å²) in [6.45, 7) is 1.90. The number of nitrogens with zero attached hydrogens (tertiary/aromatic N) is 2. The van der Waals surface area contributed by atoms with Gasteiger partial charge in [-0.15, -0.1) is 0 Å². The minimum atomic E-state index is -0.796. The van der Waals surface area contributed by atoms with E-state index in [1.54, 1.807) is 29.2 Å². The highest BCUT2D eigenvalue weighted by molar-refractivity contribution is 6.30. The number of carbonyl (C=O) groups is 2. The van der Waals surface area contributed by atoms with Crippen LogP contribution in [0.2, 0.25) is 5.02 Å². The van der Waals surface area contributed by atoms with Gasteiger partial charge in [0, 0.05) is 24.7 Å². The molecule has 0 unspecified atom stereocenters. The SMILES string of the molecule is O=C([C@@H]1[C@H](Oc2ccc(Cl)cc2)C(=O)N1Cc1ccccc1)N1CCCCCC1. The highest BCUT2D eigenvalue weighted by Crippen LogP contribution is 2.30. The van der Waals surface area contributed by atoms with Gasteiger partial charge in [0.15, 0.2) is 6.04 Å². The average molecular weight is 413 g/mol. The van der Waals surface area contributed by atoms with Crippen molar-refractivity contribution in [1.82, 2.24) is 9.80 Å². The number of benzene rings is 2. The molecule has 2 aromatic carbocycles. The monoisotopic (exact) mass is 412 g/mol. The van der Waals surface area contributed by atoms with Crippen molar-refractivity contribution in [1.29, 1.82) is 0 Å². The molecule has 2 heterocycles. The summed E-state index contributed by atoms with van der Waals surface area (Å²) in [5, 5.41) is 0.597. The molecule has 2 atom stereocenters. The Morgan fingerprint density at radius 1 is 0.966 bits per heavy atom. The third-order valence-electron chi connectivity index (χ3n) is 5.59. The molecule has 0 N–H and O–H groups in total. The Morgan fingerprint density at radius 2 is 1.62 bits per heavy atom. The molecule has 2 aliphatic rings. The normalized spacial score (nSPS) is 22.0. The van der Waals surface area contributed by atoms with Crippen molar-refractivity contribution >= 4 is 23.4 Å². The van der Waals surface area contributed by atoms with Gasteiger partial charge >= 0.3 is 0 Å². The van der Waals surface area contributed by atoms with Crippen molar-refractivity contribution in [2.75, 3.05) is 13.1 Å². The third-order valence-corrected chi connectivity index (χ3v) is 5.84. The fourth-order valence-corrected chi connectivity index (χ4v) is 4.11. The zero-order valence-electron chi connectivity index (χ0n) is 16.3. The van der Waals surface area contributed by atoms with Gasteiger partial charge in [0.25, 0.3) is 5.91 Å². The number of hydrogen-bond acceptors (Lipinski definition) is 3. The van der Waals surface area contributed by atoms with E-state index in [-0.39, 0.29) is 11.8 Å². The maximum atomic E-state index is 13.4. The van der Waals surface area contributed by atoms with Crippen LogP contribution in [0.5, 0.6) is 5.75 Å². The summed E-state index contributed by atoms with van der Waals surface area (Å²) in [5.41, 5.74) is 0.999. The van der Waals surface area contributed by atoms with Crippen molar-refractivity contribution in [3.05, 3.63) is 65.2 Å². The van der Waals surface area contributed by atoms with Crippen LogP contribution in [-0.2, 0) is 16.1 Å². The number of amides is 2. The van der Waals surface area contributed by atoms with Gasteiger partial charge in [0.1, 0.15) is 5.75 Å². The molecular weight excluding hydrogens is 388 g/mol. The van der Waals surface area contributed by atoms with E-state index >= 15 is 0 Å². The zero-order chi connectivity index (χ0) is 20.2. The second-order valence-electron chi connectivity index (χ2n) is 7.63. The minimum absolute atomic E-state index is 0.0126. The van der Waals surface area contributed by atoms with Crippen LogP contribution < -0.4 is 4.74 Å². The van der Waals surface area contributed by atoms with Crippen LogP contribution in [0, 0.1) is 0 Å². The first kappa shape index (κ1) is 19.8. The van der Waals surface area contributed by atoms with Crippen LogP contribution >= 0.6 is 11.6 Å². The Morgan fingerprint density at radius 3 is 2.28 bits per heavy atom. The van der Waals surface area contributed by atoms with Crippen LogP contribution in [0.25, 0.3) is 0 Å². The highest BCUT2D eigenvalue weighted by Gasteiger charge is 2.54. The molecule has 2 amide bonds. The van der Waals surface area contributed by atoms with E-state index in [2.05, 4.69) is 0 Å². The van der Waals surface area contributed by atoms with Crippen LogP contribution in [0.1, 0.15) is 31.2 Å². The second-order valence-corrected chi connectivity index (χ2v) is 8.06. The van der Waals surface area contributed by atoms with Crippen LogP contribution in [0.15, 0.2) is 54.6 Å². The summed E-state index contributed by atoms with van der Waals surface area (Å²) in [4.78, 5) is 29.8. The van der Waals surface area contributed by atoms with Crippen LogP contribution in [-0.4, -0.2) is 46.8 Å². The molecule has 2 aliphatic heterocycles. The molecule has 6 heteroatoms. The van der Waals surface area contributed by atoms with E-state index < -0.39 is 12.1 Å². The van der Waals surface area contributed by atoms with E-state index in [4.69, 9.17) is 16.3 Å². The molecule has 2 fully saturated rings. The zero-order valence-corrected chi connectivity index (χ0v) is 17.1. The maximum Gasteiger partial charge on any atom is 0.267 e. The summed E-state index contributed by atoms with van der Waals surface area (Å²) in [6, 6.07) is 16.0. The summed E-state index contributed by atoms with van der Waals surface area (Å²) in [7, 11) is 0. The third kappa shape index (κ3) is 4.40. The fourth-order valence-electron chi connectivity index (χ4n) is 3.99. The van der Waals surface area contributed by atoms with E-state index in [0.717, 1.165) is 44.3 Å². The number of hydrogen-bond donors (Lipinski definition) is 0. The maximum absolute atomic E-state index is 13.4. The van der Waals surface area contributed by atoms with Crippen molar-refractivity contribution in [3.63, 3.8) is 0 Å². The van der Waals surface area contributed by atoms with Crippen LogP contribution in [0.3, 0.4) is 0 Å². The lowest BCUT2D eigenvalue weighted by Gasteiger charge is -2.47. The van der Waals surface area contributed by atoms with E-state index in [1.165, 1.54) is 0 Å². The molecule has 0 saturated carbocycles. The summed E-state index contributed by atoms with van der Waals surface area (Å²) in [6.07, 6.45) is 3.51. The number of β-lactam (4-membered cyclic amide) rings is 1. The minimum Gasteiger partial charge on any atom is -0.478 e. The van der Waals surface area contributed by atoms with Crippen molar-refractivity contribution in [2.45, 2.75) is 44.4 Å². The van der Waals surface area contributed by atoms with E-state index in [1.807, 2.05) is 35.2 Å². The first-order valence-corrected chi connectivity index (χ1v) is 10.6. The quantitative estimate of drug-likeness (QED) is 0.700. The standard InChI is InChI=1S/C23H25ClN2O3/c24-18-10-12-19(13-11-18)29-21-20(22(27)25-14-6-1-2-7-15-25)26(23(21)28)16-17-8-4-3-5-9-17/h3-5,8-13,20-21H,1-2,6-7,14-16H2/t20-,21-/m0/s1. The predicted octanol–water partition coefficient (Wildman–Crippen LogP) is 3.90. The molecule has 29 heavy (non-hydrogen) atoms. The lowest BCUT2D eigenvalue weighted by molar-refractivity contribution is -0.174. The second kappa shape index (κ2) is 8.87. The number of halogens is 1. The van der Waals surface area contributed by atoms with Gasteiger partial charge in [0.2, 0.25) is 12.0 Å². The summed E-state index contributed by atoms with van der Waals surface area (Å²) >= 11 is 5.94. The van der Waals surface area contributed by atoms with Crippen molar-refractivity contribution < 1.29 is 14.3 Å². The Labute approximate surface area is 176 Å². The molecule has 5 nitrogen and oxygen atoms in total. The average Bonchev–Trinajstić information content (AvgIpc) is 3.04. The Balaban J connectivity index is 1.55. The van der Waals surface area contributed by atoms with Gasteiger partial charge in [-0.1, -0.05) is 54.8 Å². The molecule has 0 aliphatic carbocycles. The van der Waals surface area contributed by atoms with Crippen molar-refractivity contribution in [2.24, 2.45) is 0 Å². The Hall–Kier alpha value is -2.53. The first-order chi connectivity index (χ1) is 14.1. The fraction of sp³-hybridized carbons (Fsp3) is 0.391. The molecule has 2 aromatic rings. The van der Waals surface area contributed by atoms with Gasteiger partial charge in [-0.3, -0.25) is 9.59 Å². The lowest BCUT2D eigenvalue weighted by Crippen LogP contribution is -2.71. The molecule has 0 radical (unpaired) electrons. The number of carbonyl (C=O) groups excluding carboxylic acids is 2. The Bertz CT molecular complexity index is 848. The van der Waals surface area contributed by atoms with E-state index in [9.17, 15) is 9.59 Å². The molecule has 152 valence electrons. The topological polar surface area (TPSA) is 49.9 Å². The Kier molecular flexibility index (Phi) is 6.05. The van der Waals surface area contributed by atoms with E-state index in [0.29, 0.717) is 17.3 Å². The van der Waals surface area contributed by atoms with Gasteiger partial charge in [0.05, 0.1) is 0 Å². The van der Waals surface area contributed by atoms with Gasteiger partial charge in [-0.2, -0.15) is 0 Å². The first-order valence-electron chi connectivity index (χ1n) is 10.2. The van der Waals surface area contributed by atoms with Crippen molar-refractivity contribution in [3.8, 4) is 5.75 Å². The van der Waals surface area contributed by atoms with Crippen LogP contribution in [0.4, 0.5) is 0 Å². The molecule has 0 aromatic heterocycles. The molecule has 0 spiro atoms. The summed E-state index contributed by atoms with van der Waals surface area (Å²) in [5.74, 6) is 0.374. The van der Waals surface area contributed by atoms with Gasteiger partial charge in [-0.25, -0.2) is 0 Å². The smallest absolute Gasteiger partial charge is 0.267 e. The number of likely N-dealkylation sites (tertiary alicyclic amines) is 2. The number of rotatable bonds is 5. The lowest BCUT2D eigenvalue weighted by atomic mass is 9.94. The molecule has 4 rings (SSSR count). The highest BCUT2D eigenvalue weighted by atomic mass is 35.5. The van der Waals surface area contributed by atoms with Gasteiger partial charge in [-0.05, 0) is 42.7 Å². The molecule has 2 saturated heterocycles. The predicted molar refractivity (Wildman–Crippen MR) is 112 cm³/mol. The molecular formula is C23H25ClN2O3.